The normalized spacial score (nSPS) is 11.9. The number of hydrogen-bond acceptors (Lipinski definition) is 3. The molecule has 0 amide bonds. The summed E-state index contributed by atoms with van der Waals surface area (Å²) in [7, 11) is 0. The molecule has 8 aromatic carbocycles. The minimum atomic E-state index is 0.614. The summed E-state index contributed by atoms with van der Waals surface area (Å²) in [5.74, 6) is 1.88. The first-order valence-electron chi connectivity index (χ1n) is 19.0. The number of rotatable bonds is 5. The molecule has 4 heterocycles. The van der Waals surface area contributed by atoms with E-state index >= 15 is 0 Å². The third-order valence-electron chi connectivity index (χ3n) is 11.3. The van der Waals surface area contributed by atoms with Gasteiger partial charge < -0.3 is 8.97 Å². The molecular formula is C51H31N5. The van der Waals surface area contributed by atoms with Gasteiger partial charge in [-0.2, -0.15) is 0 Å². The number of hydrogen-bond donors (Lipinski definition) is 0. The average Bonchev–Trinajstić information content (AvgIpc) is 3.76. The lowest BCUT2D eigenvalue weighted by atomic mass is 10.0. The van der Waals surface area contributed by atoms with E-state index in [1.165, 1.54) is 48.9 Å². The third-order valence-corrected chi connectivity index (χ3v) is 11.3. The summed E-state index contributed by atoms with van der Waals surface area (Å²) in [4.78, 5) is 15.6. The molecule has 0 bridgehead atoms. The molecule has 12 rings (SSSR count). The standard InChI is InChI=1S/C51H31N5/c1-4-15-32(16-5-1)35-29-30-42(40(31-35)51-53-49(33-17-6-2-7-18-33)52-50(54-51)34-19-8-3-9-20-34)55-43-26-13-22-37-39-24-12-23-38-36-21-10-11-25-41(36)56(48(38)39)45-28-14-27-44(55)47(45)46(37)43/h1-31H. The Morgan fingerprint density at radius 2 is 0.821 bits per heavy atom. The number of nitrogens with zero attached hydrogens (tertiary/aromatic N) is 5. The van der Waals surface area contributed by atoms with Crippen LogP contribution in [0.25, 0.3) is 111 Å². The molecule has 0 N–H and O–H groups in total. The second-order valence-electron chi connectivity index (χ2n) is 14.4. The van der Waals surface area contributed by atoms with Gasteiger partial charge in [-0.1, -0.05) is 152 Å². The van der Waals surface area contributed by atoms with Crippen molar-refractivity contribution in [1.29, 1.82) is 0 Å². The Kier molecular flexibility index (Phi) is 6.56. The van der Waals surface area contributed by atoms with Crippen molar-refractivity contribution in [2.75, 3.05) is 0 Å². The Hall–Kier alpha value is -7.63. The minimum absolute atomic E-state index is 0.614. The molecule has 0 unspecified atom stereocenters. The highest BCUT2D eigenvalue weighted by Gasteiger charge is 2.24. The van der Waals surface area contributed by atoms with E-state index in [4.69, 9.17) is 15.0 Å². The first-order valence-corrected chi connectivity index (χ1v) is 19.0. The maximum absolute atomic E-state index is 5.27. The Morgan fingerprint density at radius 3 is 1.54 bits per heavy atom. The zero-order valence-corrected chi connectivity index (χ0v) is 30.1. The molecule has 0 saturated heterocycles. The molecule has 12 aromatic rings. The van der Waals surface area contributed by atoms with Gasteiger partial charge >= 0.3 is 0 Å². The van der Waals surface area contributed by atoms with Gasteiger partial charge in [-0.25, -0.2) is 15.0 Å². The second kappa shape index (κ2) is 11.9. The average molecular weight is 714 g/mol. The van der Waals surface area contributed by atoms with Gasteiger partial charge in [0, 0.05) is 43.6 Å². The number of para-hydroxylation sites is 2. The van der Waals surface area contributed by atoms with Crippen LogP contribution < -0.4 is 0 Å². The summed E-state index contributed by atoms with van der Waals surface area (Å²) < 4.78 is 4.91. The van der Waals surface area contributed by atoms with Crippen molar-refractivity contribution < 1.29 is 0 Å². The zero-order chi connectivity index (χ0) is 36.7. The van der Waals surface area contributed by atoms with Gasteiger partial charge in [0.15, 0.2) is 17.5 Å². The van der Waals surface area contributed by atoms with E-state index in [-0.39, 0.29) is 0 Å². The van der Waals surface area contributed by atoms with Crippen LogP contribution >= 0.6 is 0 Å². The summed E-state index contributed by atoms with van der Waals surface area (Å²) in [6.07, 6.45) is 0. The molecule has 0 fully saturated rings. The molecule has 5 heteroatoms. The summed E-state index contributed by atoms with van der Waals surface area (Å²) in [6.45, 7) is 0. The van der Waals surface area contributed by atoms with Gasteiger partial charge in [0.05, 0.1) is 33.3 Å². The Bertz CT molecular complexity index is 3400. The van der Waals surface area contributed by atoms with Crippen LogP contribution in [0.1, 0.15) is 0 Å². The first-order chi connectivity index (χ1) is 27.8. The highest BCUT2D eigenvalue weighted by molar-refractivity contribution is 6.31. The first kappa shape index (κ1) is 30.8. The summed E-state index contributed by atoms with van der Waals surface area (Å²) in [5.41, 5.74) is 11.9. The molecule has 0 saturated carbocycles. The monoisotopic (exact) mass is 713 g/mol. The molecule has 5 nitrogen and oxygen atoms in total. The van der Waals surface area contributed by atoms with E-state index in [9.17, 15) is 0 Å². The quantitative estimate of drug-likeness (QED) is 0.178. The predicted octanol–water partition coefficient (Wildman–Crippen LogP) is 12.8. The van der Waals surface area contributed by atoms with Crippen LogP contribution in [-0.4, -0.2) is 23.9 Å². The molecular weight excluding hydrogens is 683 g/mol. The van der Waals surface area contributed by atoms with Crippen molar-refractivity contribution in [2.45, 2.75) is 0 Å². The molecule has 260 valence electrons. The van der Waals surface area contributed by atoms with Crippen LogP contribution in [-0.2, 0) is 0 Å². The molecule has 0 aliphatic rings. The number of fused-ring (bicyclic) bond motifs is 5. The molecule has 0 aliphatic carbocycles. The Labute approximate surface area is 321 Å². The smallest absolute Gasteiger partial charge is 0.166 e. The van der Waals surface area contributed by atoms with E-state index < -0.39 is 0 Å². The summed E-state index contributed by atoms with van der Waals surface area (Å²) in [5, 5.41) is 7.45. The Balaban J connectivity index is 1.23. The fourth-order valence-corrected chi connectivity index (χ4v) is 8.90. The van der Waals surface area contributed by atoms with Crippen molar-refractivity contribution in [2.24, 2.45) is 0 Å². The van der Waals surface area contributed by atoms with Gasteiger partial charge in [-0.3, -0.25) is 0 Å². The molecule has 0 spiro atoms. The fraction of sp³-hybridized carbons (Fsp3) is 0. The summed E-state index contributed by atoms with van der Waals surface area (Å²) >= 11 is 0. The topological polar surface area (TPSA) is 48.0 Å². The molecule has 0 atom stereocenters. The van der Waals surface area contributed by atoms with Crippen molar-refractivity contribution in [3.8, 4) is 51.0 Å². The van der Waals surface area contributed by atoms with Gasteiger partial charge in [-0.05, 0) is 52.9 Å². The van der Waals surface area contributed by atoms with E-state index in [0.717, 1.165) is 44.5 Å². The van der Waals surface area contributed by atoms with Gasteiger partial charge in [-0.15, -0.1) is 0 Å². The van der Waals surface area contributed by atoms with Crippen molar-refractivity contribution in [1.82, 2.24) is 23.9 Å². The largest absolute Gasteiger partial charge is 0.308 e. The van der Waals surface area contributed by atoms with E-state index in [1.807, 2.05) is 36.4 Å². The van der Waals surface area contributed by atoms with Gasteiger partial charge in [0.1, 0.15) is 0 Å². The minimum Gasteiger partial charge on any atom is -0.308 e. The third kappa shape index (κ3) is 4.46. The van der Waals surface area contributed by atoms with Crippen molar-refractivity contribution in [3.05, 3.63) is 188 Å². The highest BCUT2D eigenvalue weighted by atomic mass is 15.1. The molecule has 0 aliphatic heterocycles. The SMILES string of the molecule is c1ccc(-c2ccc(-n3c4cccc5c6cccc7c8ccccc8n(c8cccc3c8c54)c67)c(-c3nc(-c4ccccc4)nc(-c4ccccc4)n3)c2)cc1. The maximum atomic E-state index is 5.27. The van der Waals surface area contributed by atoms with Gasteiger partial charge in [0.25, 0.3) is 0 Å². The van der Waals surface area contributed by atoms with E-state index in [0.29, 0.717) is 17.5 Å². The zero-order valence-electron chi connectivity index (χ0n) is 30.1. The maximum Gasteiger partial charge on any atom is 0.166 e. The van der Waals surface area contributed by atoms with Crippen molar-refractivity contribution in [3.63, 3.8) is 0 Å². The summed E-state index contributed by atoms with van der Waals surface area (Å²) in [6, 6.07) is 66.6. The van der Waals surface area contributed by atoms with Crippen LogP contribution in [0.2, 0.25) is 0 Å². The van der Waals surface area contributed by atoms with Gasteiger partial charge in [0.2, 0.25) is 0 Å². The van der Waals surface area contributed by atoms with E-state index in [2.05, 4.69) is 161 Å². The van der Waals surface area contributed by atoms with Crippen LogP contribution in [0, 0.1) is 0 Å². The highest BCUT2D eigenvalue weighted by Crippen LogP contribution is 2.45. The van der Waals surface area contributed by atoms with Crippen LogP contribution in [0.4, 0.5) is 0 Å². The predicted molar refractivity (Wildman–Crippen MR) is 231 cm³/mol. The lowest BCUT2D eigenvalue weighted by Gasteiger charge is -2.16. The van der Waals surface area contributed by atoms with Crippen molar-refractivity contribution >= 4 is 59.9 Å². The second-order valence-corrected chi connectivity index (χ2v) is 14.4. The molecule has 4 aromatic heterocycles. The number of aromatic nitrogens is 5. The van der Waals surface area contributed by atoms with Crippen LogP contribution in [0.5, 0.6) is 0 Å². The lowest BCUT2D eigenvalue weighted by molar-refractivity contribution is 1.06. The van der Waals surface area contributed by atoms with Crippen LogP contribution in [0.3, 0.4) is 0 Å². The molecule has 56 heavy (non-hydrogen) atoms. The fourth-order valence-electron chi connectivity index (χ4n) is 8.90. The molecule has 0 radical (unpaired) electrons. The number of benzene rings is 8. The van der Waals surface area contributed by atoms with Crippen LogP contribution in [0.15, 0.2) is 188 Å². The van der Waals surface area contributed by atoms with E-state index in [1.54, 1.807) is 0 Å². The Morgan fingerprint density at radius 1 is 0.321 bits per heavy atom. The lowest BCUT2D eigenvalue weighted by Crippen LogP contribution is -2.04.